The van der Waals surface area contributed by atoms with Crippen molar-refractivity contribution < 1.29 is 4.79 Å². The summed E-state index contributed by atoms with van der Waals surface area (Å²) >= 11 is 0. The van der Waals surface area contributed by atoms with Gasteiger partial charge in [-0.05, 0) is 38.9 Å². The van der Waals surface area contributed by atoms with Gasteiger partial charge in [0.15, 0.2) is 0 Å². The highest BCUT2D eigenvalue weighted by atomic mass is 16.2. The van der Waals surface area contributed by atoms with Crippen LogP contribution in [0.25, 0.3) is 0 Å². The lowest BCUT2D eigenvalue weighted by Crippen LogP contribution is -2.44. The molecule has 19 heavy (non-hydrogen) atoms. The third-order valence-corrected chi connectivity index (χ3v) is 3.31. The normalized spacial score (nSPS) is 17.3. The summed E-state index contributed by atoms with van der Waals surface area (Å²) in [5.41, 5.74) is 0. The van der Waals surface area contributed by atoms with Crippen LogP contribution in [0.1, 0.15) is 19.8 Å². The second-order valence-corrected chi connectivity index (χ2v) is 5.08. The fourth-order valence-electron chi connectivity index (χ4n) is 2.34. The van der Waals surface area contributed by atoms with Gasteiger partial charge in [-0.15, -0.1) is 0 Å². The first-order valence-corrected chi connectivity index (χ1v) is 6.98. The molecule has 1 unspecified atom stereocenters. The number of urea groups is 1. The molecule has 0 aliphatic carbocycles. The number of rotatable bonds is 6. The minimum absolute atomic E-state index is 0.0617. The lowest BCUT2D eigenvalue weighted by atomic mass is 10.3. The van der Waals surface area contributed by atoms with Crippen LogP contribution in [0.2, 0.25) is 0 Å². The van der Waals surface area contributed by atoms with Gasteiger partial charge < -0.3 is 15.5 Å². The number of carbonyl (C=O) groups excluding carboxylic acids is 1. The van der Waals surface area contributed by atoms with Crippen LogP contribution in [0.3, 0.4) is 0 Å². The van der Waals surface area contributed by atoms with Gasteiger partial charge in [0.2, 0.25) is 0 Å². The average Bonchev–Trinajstić information content (AvgIpc) is 3.01. The summed E-state index contributed by atoms with van der Waals surface area (Å²) in [6, 6.07) is 1.84. The quantitative estimate of drug-likeness (QED) is 0.794. The number of likely N-dealkylation sites (tertiary alicyclic amines) is 1. The molecule has 6 heteroatoms. The van der Waals surface area contributed by atoms with Gasteiger partial charge in [-0.2, -0.15) is 5.10 Å². The summed E-state index contributed by atoms with van der Waals surface area (Å²) in [6.07, 6.45) is 6.20. The monoisotopic (exact) mass is 265 g/mol. The van der Waals surface area contributed by atoms with Crippen molar-refractivity contribution in [2.45, 2.75) is 32.4 Å². The van der Waals surface area contributed by atoms with Gasteiger partial charge in [-0.3, -0.25) is 4.68 Å². The van der Waals surface area contributed by atoms with Crippen molar-refractivity contribution >= 4 is 6.03 Å². The van der Waals surface area contributed by atoms with Gasteiger partial charge in [-0.1, -0.05) is 0 Å². The van der Waals surface area contributed by atoms with Crippen LogP contribution in [0.5, 0.6) is 0 Å². The SMILES string of the molecule is CC(Cn1cccn1)NC(=O)NCCN1CCCC1. The molecule has 2 heterocycles. The Morgan fingerprint density at radius 2 is 2.21 bits per heavy atom. The third kappa shape index (κ3) is 4.90. The highest BCUT2D eigenvalue weighted by Gasteiger charge is 2.12. The van der Waals surface area contributed by atoms with Crippen molar-refractivity contribution in [2.75, 3.05) is 26.2 Å². The van der Waals surface area contributed by atoms with Crippen molar-refractivity contribution in [3.8, 4) is 0 Å². The van der Waals surface area contributed by atoms with Crippen LogP contribution in [-0.4, -0.2) is 52.9 Å². The molecule has 2 N–H and O–H groups in total. The minimum atomic E-state index is -0.0983. The largest absolute Gasteiger partial charge is 0.337 e. The molecule has 1 aliphatic rings. The van der Waals surface area contributed by atoms with Gasteiger partial charge in [0.1, 0.15) is 0 Å². The van der Waals surface area contributed by atoms with Crippen molar-refractivity contribution in [1.82, 2.24) is 25.3 Å². The zero-order valence-electron chi connectivity index (χ0n) is 11.5. The number of carbonyl (C=O) groups is 1. The lowest BCUT2D eigenvalue weighted by molar-refractivity contribution is 0.233. The molecule has 1 aromatic rings. The molecule has 1 atom stereocenters. The fourth-order valence-corrected chi connectivity index (χ4v) is 2.34. The summed E-state index contributed by atoms with van der Waals surface area (Å²) in [7, 11) is 0. The van der Waals surface area contributed by atoms with E-state index in [4.69, 9.17) is 0 Å². The Labute approximate surface area is 114 Å². The number of hydrogen-bond donors (Lipinski definition) is 2. The first-order chi connectivity index (χ1) is 9.24. The summed E-state index contributed by atoms with van der Waals surface area (Å²) in [5, 5.41) is 9.93. The minimum Gasteiger partial charge on any atom is -0.337 e. The predicted octanol–water partition coefficient (Wildman–Crippen LogP) is 0.667. The summed E-state index contributed by atoms with van der Waals surface area (Å²) in [4.78, 5) is 14.1. The standard InChI is InChI=1S/C13H23N5O/c1-12(11-18-9-4-5-15-18)16-13(19)14-6-10-17-7-2-3-8-17/h4-5,9,12H,2-3,6-8,10-11H2,1H3,(H2,14,16,19). The number of amides is 2. The van der Waals surface area contributed by atoms with Crippen molar-refractivity contribution in [1.29, 1.82) is 0 Å². The highest BCUT2D eigenvalue weighted by Crippen LogP contribution is 2.05. The maximum absolute atomic E-state index is 11.7. The summed E-state index contributed by atoms with van der Waals surface area (Å²) in [6.45, 7) is 6.65. The van der Waals surface area contributed by atoms with Gasteiger partial charge in [0.25, 0.3) is 0 Å². The molecule has 2 amide bonds. The molecule has 2 rings (SSSR count). The van der Waals surface area contributed by atoms with Crippen LogP contribution in [0.15, 0.2) is 18.5 Å². The number of nitrogens with zero attached hydrogens (tertiary/aromatic N) is 3. The van der Waals surface area contributed by atoms with Gasteiger partial charge in [0.05, 0.1) is 6.54 Å². The smallest absolute Gasteiger partial charge is 0.315 e. The molecule has 1 aliphatic heterocycles. The van der Waals surface area contributed by atoms with Crippen LogP contribution in [0, 0.1) is 0 Å². The predicted molar refractivity (Wildman–Crippen MR) is 73.9 cm³/mol. The molecule has 106 valence electrons. The van der Waals surface area contributed by atoms with E-state index in [1.807, 2.05) is 23.9 Å². The second kappa shape index (κ2) is 7.13. The molecule has 1 aromatic heterocycles. The molecule has 6 nitrogen and oxygen atoms in total. The topological polar surface area (TPSA) is 62.2 Å². The van der Waals surface area contributed by atoms with E-state index >= 15 is 0 Å². The Balaban J connectivity index is 1.58. The highest BCUT2D eigenvalue weighted by molar-refractivity contribution is 5.74. The Kier molecular flexibility index (Phi) is 5.20. The molecular weight excluding hydrogens is 242 g/mol. The van der Waals surface area contributed by atoms with Gasteiger partial charge >= 0.3 is 6.03 Å². The Morgan fingerprint density at radius 3 is 2.89 bits per heavy atom. The first kappa shape index (κ1) is 13.9. The fraction of sp³-hybridized carbons (Fsp3) is 0.692. The molecule has 0 saturated carbocycles. The maximum Gasteiger partial charge on any atom is 0.315 e. The van der Waals surface area contributed by atoms with Crippen molar-refractivity contribution in [3.05, 3.63) is 18.5 Å². The molecular formula is C13H23N5O. The van der Waals surface area contributed by atoms with E-state index in [1.54, 1.807) is 6.20 Å². The zero-order valence-corrected chi connectivity index (χ0v) is 11.5. The van der Waals surface area contributed by atoms with E-state index in [0.29, 0.717) is 13.1 Å². The summed E-state index contributed by atoms with van der Waals surface area (Å²) in [5.74, 6) is 0. The molecule has 1 saturated heterocycles. The Morgan fingerprint density at radius 1 is 1.42 bits per heavy atom. The van der Waals surface area contributed by atoms with Gasteiger partial charge in [0, 0.05) is 31.5 Å². The molecule has 0 spiro atoms. The molecule has 0 aromatic carbocycles. The van der Waals surface area contributed by atoms with E-state index in [9.17, 15) is 4.79 Å². The van der Waals surface area contributed by atoms with Crippen molar-refractivity contribution in [2.24, 2.45) is 0 Å². The number of hydrogen-bond acceptors (Lipinski definition) is 3. The Hall–Kier alpha value is -1.56. The van der Waals surface area contributed by atoms with Crippen LogP contribution >= 0.6 is 0 Å². The molecule has 0 bridgehead atoms. The van der Waals surface area contributed by atoms with Crippen molar-refractivity contribution in [3.63, 3.8) is 0 Å². The summed E-state index contributed by atoms with van der Waals surface area (Å²) < 4.78 is 1.81. The third-order valence-electron chi connectivity index (χ3n) is 3.31. The lowest BCUT2D eigenvalue weighted by Gasteiger charge is -2.17. The van der Waals surface area contributed by atoms with E-state index < -0.39 is 0 Å². The van der Waals surface area contributed by atoms with Gasteiger partial charge in [-0.25, -0.2) is 4.79 Å². The van der Waals surface area contributed by atoms with E-state index in [2.05, 4.69) is 20.6 Å². The maximum atomic E-state index is 11.7. The van der Waals surface area contributed by atoms with Crippen LogP contribution < -0.4 is 10.6 Å². The van der Waals surface area contributed by atoms with Crippen LogP contribution in [-0.2, 0) is 6.54 Å². The Bertz CT molecular complexity index is 372. The van der Waals surface area contributed by atoms with E-state index in [-0.39, 0.29) is 12.1 Å². The first-order valence-electron chi connectivity index (χ1n) is 6.98. The number of nitrogens with one attached hydrogen (secondary N) is 2. The van der Waals surface area contributed by atoms with Crippen LogP contribution in [0.4, 0.5) is 4.79 Å². The average molecular weight is 265 g/mol. The molecule has 1 fully saturated rings. The number of aromatic nitrogens is 2. The molecule has 0 radical (unpaired) electrons. The van der Waals surface area contributed by atoms with E-state index in [0.717, 1.165) is 6.54 Å². The van der Waals surface area contributed by atoms with E-state index in [1.165, 1.54) is 25.9 Å². The zero-order chi connectivity index (χ0) is 13.5. The second-order valence-electron chi connectivity index (χ2n) is 5.08.